The maximum Gasteiger partial charge on any atom is 0.231 e. The van der Waals surface area contributed by atoms with Crippen LogP contribution in [0, 0.1) is 6.92 Å². The van der Waals surface area contributed by atoms with Gasteiger partial charge in [0.25, 0.3) is 0 Å². The van der Waals surface area contributed by atoms with Gasteiger partial charge < -0.3 is 14.2 Å². The SMILES string of the molecule is Cc1sc(-c2ccc3c(c2)OCO3)nc1CCCCOc1ccc2c(c1)CCCC2. The van der Waals surface area contributed by atoms with E-state index in [0.717, 1.165) is 53.7 Å². The van der Waals surface area contributed by atoms with Gasteiger partial charge in [-0.1, -0.05) is 6.07 Å². The Morgan fingerprint density at radius 2 is 1.83 bits per heavy atom. The quantitative estimate of drug-likeness (QED) is 0.431. The molecule has 1 aliphatic heterocycles. The summed E-state index contributed by atoms with van der Waals surface area (Å²) in [7, 11) is 0. The molecule has 0 spiro atoms. The Bertz CT molecular complexity index is 1040. The minimum absolute atomic E-state index is 0.300. The normalized spacial score (nSPS) is 14.6. The van der Waals surface area contributed by atoms with Crippen molar-refractivity contribution >= 4 is 11.3 Å². The summed E-state index contributed by atoms with van der Waals surface area (Å²) in [6.45, 7) is 3.22. The van der Waals surface area contributed by atoms with E-state index in [1.807, 2.05) is 12.1 Å². The minimum atomic E-state index is 0.300. The average Bonchev–Trinajstić information content (AvgIpc) is 3.39. The first-order chi connectivity index (χ1) is 14.8. The summed E-state index contributed by atoms with van der Waals surface area (Å²) in [5.74, 6) is 2.64. The molecule has 0 saturated carbocycles. The molecule has 5 heteroatoms. The maximum atomic E-state index is 6.01. The second-order valence-electron chi connectivity index (χ2n) is 8.03. The number of rotatable bonds is 7. The zero-order chi connectivity index (χ0) is 20.3. The van der Waals surface area contributed by atoms with Crippen LogP contribution in [0.3, 0.4) is 0 Å². The van der Waals surface area contributed by atoms with Gasteiger partial charge in [0.05, 0.1) is 12.3 Å². The summed E-state index contributed by atoms with van der Waals surface area (Å²) in [6, 6.07) is 12.7. The van der Waals surface area contributed by atoms with Crippen LogP contribution < -0.4 is 14.2 Å². The van der Waals surface area contributed by atoms with E-state index in [1.54, 1.807) is 11.3 Å². The van der Waals surface area contributed by atoms with Crippen molar-refractivity contribution in [1.82, 2.24) is 4.98 Å². The summed E-state index contributed by atoms with van der Waals surface area (Å²) in [4.78, 5) is 6.18. The largest absolute Gasteiger partial charge is 0.494 e. The molecule has 0 amide bonds. The summed E-state index contributed by atoms with van der Waals surface area (Å²) in [5, 5.41) is 1.05. The average molecular weight is 422 g/mol. The number of thiazole rings is 1. The van der Waals surface area contributed by atoms with Crippen molar-refractivity contribution in [2.75, 3.05) is 13.4 Å². The van der Waals surface area contributed by atoms with Crippen LogP contribution in [0.2, 0.25) is 0 Å². The van der Waals surface area contributed by atoms with Crippen molar-refractivity contribution in [2.45, 2.75) is 51.9 Å². The number of unbranched alkanes of at least 4 members (excludes halogenated alkanes) is 1. The first kappa shape index (κ1) is 19.4. The third-order valence-electron chi connectivity index (χ3n) is 5.91. The van der Waals surface area contributed by atoms with Gasteiger partial charge in [0.15, 0.2) is 11.5 Å². The fourth-order valence-corrected chi connectivity index (χ4v) is 5.15. The molecular formula is C25H27NO3S. The summed E-state index contributed by atoms with van der Waals surface area (Å²) >= 11 is 1.75. The van der Waals surface area contributed by atoms with Gasteiger partial charge in [-0.15, -0.1) is 11.3 Å². The number of benzene rings is 2. The van der Waals surface area contributed by atoms with E-state index in [4.69, 9.17) is 19.2 Å². The molecule has 1 aromatic heterocycles. The van der Waals surface area contributed by atoms with Crippen molar-refractivity contribution in [3.05, 3.63) is 58.1 Å². The van der Waals surface area contributed by atoms with Gasteiger partial charge in [-0.05, 0) is 93.3 Å². The van der Waals surface area contributed by atoms with Gasteiger partial charge in [-0.3, -0.25) is 0 Å². The molecule has 3 aromatic rings. The molecule has 30 heavy (non-hydrogen) atoms. The highest BCUT2D eigenvalue weighted by Crippen LogP contribution is 2.37. The topological polar surface area (TPSA) is 40.6 Å². The lowest BCUT2D eigenvalue weighted by molar-refractivity contribution is 0.174. The smallest absolute Gasteiger partial charge is 0.231 e. The van der Waals surface area contributed by atoms with E-state index in [0.29, 0.717) is 6.79 Å². The van der Waals surface area contributed by atoms with E-state index in [2.05, 4.69) is 31.2 Å². The molecule has 0 unspecified atom stereocenters. The molecule has 0 bridgehead atoms. The number of aryl methyl sites for hydroxylation is 4. The number of hydrogen-bond donors (Lipinski definition) is 0. The lowest BCUT2D eigenvalue weighted by atomic mass is 9.92. The zero-order valence-electron chi connectivity index (χ0n) is 17.4. The number of aromatic nitrogens is 1. The molecule has 156 valence electrons. The number of ether oxygens (including phenoxy) is 3. The predicted molar refractivity (Wildman–Crippen MR) is 120 cm³/mol. The van der Waals surface area contributed by atoms with Crippen LogP contribution in [0.25, 0.3) is 10.6 Å². The van der Waals surface area contributed by atoms with Gasteiger partial charge in [0.2, 0.25) is 6.79 Å². The molecule has 1 aliphatic carbocycles. The fourth-order valence-electron chi connectivity index (χ4n) is 4.20. The Labute approximate surface area is 181 Å². The molecule has 5 rings (SSSR count). The molecule has 4 nitrogen and oxygen atoms in total. The molecule has 2 aromatic carbocycles. The highest BCUT2D eigenvalue weighted by atomic mass is 32.1. The van der Waals surface area contributed by atoms with Gasteiger partial charge in [-0.25, -0.2) is 4.98 Å². The third kappa shape index (κ3) is 4.17. The highest BCUT2D eigenvalue weighted by molar-refractivity contribution is 7.15. The molecule has 0 saturated heterocycles. The van der Waals surface area contributed by atoms with Gasteiger partial charge in [0.1, 0.15) is 10.8 Å². The van der Waals surface area contributed by atoms with Gasteiger partial charge in [0, 0.05) is 10.4 Å². The lowest BCUT2D eigenvalue weighted by Crippen LogP contribution is -2.04. The van der Waals surface area contributed by atoms with Crippen LogP contribution in [0.5, 0.6) is 17.2 Å². The molecule has 2 aliphatic rings. The van der Waals surface area contributed by atoms with Crippen molar-refractivity contribution in [3.8, 4) is 27.8 Å². The van der Waals surface area contributed by atoms with Gasteiger partial charge >= 0.3 is 0 Å². The summed E-state index contributed by atoms with van der Waals surface area (Å²) in [6.07, 6.45) is 8.14. The van der Waals surface area contributed by atoms with E-state index >= 15 is 0 Å². The Hall–Kier alpha value is -2.53. The van der Waals surface area contributed by atoms with E-state index < -0.39 is 0 Å². The van der Waals surface area contributed by atoms with Crippen molar-refractivity contribution in [2.24, 2.45) is 0 Å². The molecule has 2 heterocycles. The van der Waals surface area contributed by atoms with Crippen LogP contribution in [0.4, 0.5) is 0 Å². The number of fused-ring (bicyclic) bond motifs is 2. The fraction of sp³-hybridized carbons (Fsp3) is 0.400. The minimum Gasteiger partial charge on any atom is -0.494 e. The van der Waals surface area contributed by atoms with Crippen LogP contribution >= 0.6 is 11.3 Å². The molecule has 0 radical (unpaired) electrons. The highest BCUT2D eigenvalue weighted by Gasteiger charge is 2.16. The maximum absolute atomic E-state index is 6.01. The molecular weight excluding hydrogens is 394 g/mol. The molecule has 0 fully saturated rings. The van der Waals surface area contributed by atoms with Crippen molar-refractivity contribution in [1.29, 1.82) is 0 Å². The van der Waals surface area contributed by atoms with E-state index in [1.165, 1.54) is 47.4 Å². The Balaban J connectivity index is 1.13. The van der Waals surface area contributed by atoms with Crippen LogP contribution in [0.1, 0.15) is 47.4 Å². The van der Waals surface area contributed by atoms with Crippen molar-refractivity contribution < 1.29 is 14.2 Å². The summed E-state index contributed by atoms with van der Waals surface area (Å²) in [5.41, 5.74) is 5.27. The van der Waals surface area contributed by atoms with Crippen LogP contribution in [-0.4, -0.2) is 18.4 Å². The number of nitrogens with zero attached hydrogens (tertiary/aromatic N) is 1. The second kappa shape index (κ2) is 8.68. The number of hydrogen-bond acceptors (Lipinski definition) is 5. The lowest BCUT2D eigenvalue weighted by Gasteiger charge is -2.16. The standard InChI is InChI=1S/C25H27NO3S/c1-17-22(26-25(30-17)20-10-12-23-24(15-20)29-16-28-23)8-4-5-13-27-21-11-9-18-6-2-3-7-19(18)14-21/h9-12,14-15H,2-8,13,16H2,1H3. The second-order valence-corrected chi connectivity index (χ2v) is 9.24. The molecule has 0 N–H and O–H groups in total. The van der Waals surface area contributed by atoms with E-state index in [9.17, 15) is 0 Å². The Morgan fingerprint density at radius 3 is 2.77 bits per heavy atom. The zero-order valence-corrected chi connectivity index (χ0v) is 18.2. The monoisotopic (exact) mass is 421 g/mol. The summed E-state index contributed by atoms with van der Waals surface area (Å²) < 4.78 is 16.9. The van der Waals surface area contributed by atoms with E-state index in [-0.39, 0.29) is 0 Å². The van der Waals surface area contributed by atoms with Gasteiger partial charge in [-0.2, -0.15) is 0 Å². The molecule has 0 atom stereocenters. The Morgan fingerprint density at radius 1 is 0.967 bits per heavy atom. The van der Waals surface area contributed by atoms with Crippen molar-refractivity contribution in [3.63, 3.8) is 0 Å². The van der Waals surface area contributed by atoms with Crippen LogP contribution in [0.15, 0.2) is 36.4 Å². The third-order valence-corrected chi connectivity index (χ3v) is 6.97. The first-order valence-corrected chi connectivity index (χ1v) is 11.7. The predicted octanol–water partition coefficient (Wildman–Crippen LogP) is 6.13. The Kier molecular flexibility index (Phi) is 5.63. The first-order valence-electron chi connectivity index (χ1n) is 10.9. The van der Waals surface area contributed by atoms with Crippen LogP contribution in [-0.2, 0) is 19.3 Å².